The van der Waals surface area contributed by atoms with Crippen molar-refractivity contribution < 1.29 is 23.1 Å². The number of aliphatic hydroxyl groups is 1. The second kappa shape index (κ2) is 15.8. The van der Waals surface area contributed by atoms with Gasteiger partial charge in [-0.2, -0.15) is 4.31 Å². The number of benzene rings is 3. The van der Waals surface area contributed by atoms with Crippen LogP contribution >= 0.6 is 0 Å². The Labute approximate surface area is 291 Å². The van der Waals surface area contributed by atoms with Gasteiger partial charge in [0, 0.05) is 24.3 Å². The molecule has 1 aliphatic rings. The predicted octanol–water partition coefficient (Wildman–Crippen LogP) is 4.20. The van der Waals surface area contributed by atoms with Crippen molar-refractivity contribution in [1.82, 2.24) is 20.3 Å². The number of sulfonamides is 1. The van der Waals surface area contributed by atoms with Gasteiger partial charge in [0.05, 0.1) is 23.1 Å². The Morgan fingerprint density at radius 2 is 1.43 bits per heavy atom. The third-order valence-electron chi connectivity index (χ3n) is 8.95. The van der Waals surface area contributed by atoms with E-state index in [4.69, 9.17) is 5.73 Å². The van der Waals surface area contributed by atoms with Crippen molar-refractivity contribution in [2.45, 2.75) is 95.5 Å². The maximum absolute atomic E-state index is 14.1. The summed E-state index contributed by atoms with van der Waals surface area (Å²) in [7, 11) is -4.00. The van der Waals surface area contributed by atoms with E-state index in [9.17, 15) is 23.1 Å². The van der Waals surface area contributed by atoms with Crippen LogP contribution in [0.15, 0.2) is 89.8 Å². The fourth-order valence-electron chi connectivity index (χ4n) is 6.04. The minimum Gasteiger partial charge on any atom is -0.399 e. The van der Waals surface area contributed by atoms with E-state index < -0.39 is 45.6 Å². The molecule has 0 unspecified atom stereocenters. The molecule has 10 nitrogen and oxygen atoms in total. The van der Waals surface area contributed by atoms with Crippen molar-refractivity contribution in [1.29, 1.82) is 0 Å². The number of rotatable bonds is 16. The average Bonchev–Trinajstić information content (AvgIpc) is 3.83. The van der Waals surface area contributed by atoms with Gasteiger partial charge in [-0.3, -0.25) is 14.9 Å². The van der Waals surface area contributed by atoms with Crippen molar-refractivity contribution in [3.05, 3.63) is 96.1 Å². The van der Waals surface area contributed by atoms with Gasteiger partial charge >= 0.3 is 0 Å². The molecule has 0 aromatic heterocycles. The van der Waals surface area contributed by atoms with E-state index in [1.807, 2.05) is 83.1 Å². The number of carbonyl (C=O) groups excluding carboxylic acids is 2. The van der Waals surface area contributed by atoms with Gasteiger partial charge in [-0.05, 0) is 72.9 Å². The molecule has 49 heavy (non-hydrogen) atoms. The first-order chi connectivity index (χ1) is 23.0. The number of hydrogen-bond acceptors (Lipinski definition) is 7. The van der Waals surface area contributed by atoms with Gasteiger partial charge in [-0.25, -0.2) is 8.42 Å². The molecule has 0 radical (unpaired) electrons. The van der Waals surface area contributed by atoms with Gasteiger partial charge in [-0.1, -0.05) is 95.3 Å². The summed E-state index contributed by atoms with van der Waals surface area (Å²) in [5.74, 6) is -0.810. The molecule has 1 fully saturated rings. The maximum atomic E-state index is 14.1. The number of nitrogens with one attached hydrogen (secondary N) is 3. The lowest BCUT2D eigenvalue weighted by molar-refractivity contribution is -0.133. The number of anilines is 1. The van der Waals surface area contributed by atoms with E-state index in [0.717, 1.165) is 24.0 Å². The summed E-state index contributed by atoms with van der Waals surface area (Å²) < 4.78 is 28.8. The molecule has 4 atom stereocenters. The predicted molar refractivity (Wildman–Crippen MR) is 194 cm³/mol. The molecule has 0 bridgehead atoms. The summed E-state index contributed by atoms with van der Waals surface area (Å²) in [6, 6.07) is 23.0. The highest BCUT2D eigenvalue weighted by atomic mass is 32.2. The van der Waals surface area contributed by atoms with E-state index in [1.165, 1.54) is 28.6 Å². The van der Waals surface area contributed by atoms with Crippen LogP contribution in [0.4, 0.5) is 5.69 Å². The zero-order valence-electron chi connectivity index (χ0n) is 29.5. The molecule has 3 aromatic carbocycles. The van der Waals surface area contributed by atoms with Gasteiger partial charge in [0.15, 0.2) is 0 Å². The summed E-state index contributed by atoms with van der Waals surface area (Å²) >= 11 is 0. The first-order valence-corrected chi connectivity index (χ1v) is 18.5. The van der Waals surface area contributed by atoms with E-state index in [2.05, 4.69) is 28.1 Å². The first-order valence-electron chi connectivity index (χ1n) is 17.0. The lowest BCUT2D eigenvalue weighted by atomic mass is 9.85. The highest BCUT2D eigenvalue weighted by Gasteiger charge is 2.46. The molecule has 0 saturated heterocycles. The second-order valence-corrected chi connectivity index (χ2v) is 16.7. The molecule has 6 N–H and O–H groups in total. The lowest BCUT2D eigenvalue weighted by Gasteiger charge is -2.35. The molecule has 2 amide bonds. The quantitative estimate of drug-likeness (QED) is 0.141. The van der Waals surface area contributed by atoms with Crippen LogP contribution in [0.5, 0.6) is 0 Å². The summed E-state index contributed by atoms with van der Waals surface area (Å²) in [6.07, 6.45) is 0.800. The monoisotopic (exact) mass is 691 g/mol. The molecule has 1 saturated carbocycles. The highest BCUT2D eigenvalue weighted by Crippen LogP contribution is 2.45. The van der Waals surface area contributed by atoms with Gasteiger partial charge in [-0.15, -0.1) is 0 Å². The first kappa shape index (κ1) is 38.0. The number of amides is 2. The fourth-order valence-corrected chi connectivity index (χ4v) is 7.66. The SMILES string of the molecule is CC(C)CN(C[C@@H](O)[C@H](Cc1ccccc1)NC(=O)[C@@H](NC(=O)[C@@H](C)NC1(c2ccccc2)CC1)C(C)(C)C)S(=O)(=O)c1ccc(N)cc1. The molecule has 266 valence electrons. The summed E-state index contributed by atoms with van der Waals surface area (Å²) in [5, 5.41) is 21.2. The number of hydrogen-bond donors (Lipinski definition) is 5. The van der Waals surface area contributed by atoms with Crippen molar-refractivity contribution in [3.63, 3.8) is 0 Å². The zero-order chi connectivity index (χ0) is 36.0. The Kier molecular flexibility index (Phi) is 12.3. The summed E-state index contributed by atoms with van der Waals surface area (Å²) in [4.78, 5) is 27.7. The molecule has 0 aliphatic heterocycles. The van der Waals surface area contributed by atoms with Crippen LogP contribution in [0.25, 0.3) is 0 Å². The van der Waals surface area contributed by atoms with Gasteiger partial charge < -0.3 is 21.5 Å². The standard InChI is InChI=1S/C38H53N5O5S/c1-26(2)24-43(49(47,48)31-19-17-30(39)18-20-31)25-33(44)32(23-28-13-9-7-10-14-28)40-36(46)34(37(4,5)6)41-35(45)27(3)42-38(21-22-38)29-15-11-8-12-16-29/h7-20,26-27,32-34,42,44H,21-25,39H2,1-6H3,(H,40,46)(H,41,45)/t27-,32+,33-,34-/m1/s1. The Hall–Kier alpha value is -3.77. The molecule has 4 rings (SSSR count). The number of nitrogen functional groups attached to an aromatic ring is 1. The zero-order valence-corrected chi connectivity index (χ0v) is 30.3. The van der Waals surface area contributed by atoms with Crippen LogP contribution in [-0.2, 0) is 31.6 Å². The molecular formula is C38H53N5O5S. The lowest BCUT2D eigenvalue weighted by Crippen LogP contribution is -2.60. The minimum atomic E-state index is -4.00. The highest BCUT2D eigenvalue weighted by molar-refractivity contribution is 7.89. The van der Waals surface area contributed by atoms with Crippen LogP contribution in [0, 0.1) is 11.3 Å². The largest absolute Gasteiger partial charge is 0.399 e. The van der Waals surface area contributed by atoms with Gasteiger partial charge in [0.25, 0.3) is 0 Å². The van der Waals surface area contributed by atoms with Gasteiger partial charge in [0.2, 0.25) is 21.8 Å². The normalized spacial score (nSPS) is 16.8. The summed E-state index contributed by atoms with van der Waals surface area (Å²) in [5.41, 5.74) is 7.28. The fraction of sp³-hybridized carbons (Fsp3) is 0.474. The van der Waals surface area contributed by atoms with Crippen molar-refractivity contribution >= 4 is 27.5 Å². The Balaban J connectivity index is 1.54. The third kappa shape index (κ3) is 10.1. The van der Waals surface area contributed by atoms with Crippen molar-refractivity contribution in [2.75, 3.05) is 18.8 Å². The number of nitrogens with zero attached hydrogens (tertiary/aromatic N) is 1. The van der Waals surface area contributed by atoms with Crippen LogP contribution in [0.3, 0.4) is 0 Å². The van der Waals surface area contributed by atoms with Crippen LogP contribution in [0.1, 0.15) is 65.5 Å². The van der Waals surface area contributed by atoms with E-state index in [-0.39, 0.29) is 41.8 Å². The molecule has 0 spiro atoms. The Bertz CT molecular complexity index is 1640. The topological polar surface area (TPSA) is 154 Å². The molecule has 1 aliphatic carbocycles. The van der Waals surface area contributed by atoms with E-state index in [1.54, 1.807) is 6.92 Å². The number of carbonyl (C=O) groups is 2. The molecule has 3 aromatic rings. The van der Waals surface area contributed by atoms with E-state index >= 15 is 0 Å². The molecule has 0 heterocycles. The Morgan fingerprint density at radius 1 is 0.857 bits per heavy atom. The summed E-state index contributed by atoms with van der Waals surface area (Å²) in [6.45, 7) is 11.1. The maximum Gasteiger partial charge on any atom is 0.243 e. The van der Waals surface area contributed by atoms with E-state index in [0.29, 0.717) is 5.69 Å². The van der Waals surface area contributed by atoms with Crippen LogP contribution in [-0.4, -0.2) is 67.0 Å². The third-order valence-corrected chi connectivity index (χ3v) is 10.8. The van der Waals surface area contributed by atoms with Crippen molar-refractivity contribution in [3.8, 4) is 0 Å². The number of nitrogens with two attached hydrogens (primary N) is 1. The smallest absolute Gasteiger partial charge is 0.243 e. The Morgan fingerprint density at radius 3 is 1.96 bits per heavy atom. The van der Waals surface area contributed by atoms with Crippen molar-refractivity contribution in [2.24, 2.45) is 11.3 Å². The second-order valence-electron chi connectivity index (χ2n) is 14.8. The van der Waals surface area contributed by atoms with Crippen LogP contribution < -0.4 is 21.7 Å². The average molecular weight is 692 g/mol. The van der Waals surface area contributed by atoms with Crippen LogP contribution in [0.2, 0.25) is 0 Å². The molecule has 11 heteroatoms. The minimum absolute atomic E-state index is 0.0364. The molecular weight excluding hydrogens is 639 g/mol. The number of aliphatic hydroxyl groups excluding tert-OH is 1. The van der Waals surface area contributed by atoms with Gasteiger partial charge in [0.1, 0.15) is 6.04 Å².